The molecule has 4 nitrogen and oxygen atoms in total. The second-order valence-corrected chi connectivity index (χ2v) is 7.44. The molecule has 0 heterocycles. The van der Waals surface area contributed by atoms with Gasteiger partial charge in [-0.25, -0.2) is 8.42 Å². The van der Waals surface area contributed by atoms with Crippen molar-refractivity contribution in [2.75, 3.05) is 4.72 Å². The Morgan fingerprint density at radius 1 is 1.15 bits per heavy atom. The maximum atomic E-state index is 12.3. The Kier molecular flexibility index (Phi) is 4.41. The van der Waals surface area contributed by atoms with Crippen molar-refractivity contribution in [2.45, 2.75) is 11.8 Å². The molecule has 0 radical (unpaired) electrons. The second-order valence-electron chi connectivity index (χ2n) is 4.11. The molecule has 0 aliphatic carbocycles. The Morgan fingerprint density at radius 2 is 1.75 bits per heavy atom. The molecule has 7 heteroatoms. The number of nitrogens with one attached hydrogen (secondary N) is 1. The van der Waals surface area contributed by atoms with Gasteiger partial charge >= 0.3 is 0 Å². The third kappa shape index (κ3) is 2.99. The third-order valence-corrected chi connectivity index (χ3v) is 5.69. The lowest BCUT2D eigenvalue weighted by Crippen LogP contribution is -2.13. The first-order valence-corrected chi connectivity index (χ1v) is 8.65. The van der Waals surface area contributed by atoms with Crippen molar-refractivity contribution >= 4 is 47.6 Å². The Hall–Kier alpha value is -1.05. The van der Waals surface area contributed by atoms with E-state index in [2.05, 4.69) is 36.6 Å². The minimum Gasteiger partial charge on any atom is -0.506 e. The van der Waals surface area contributed by atoms with Crippen LogP contribution >= 0.6 is 31.9 Å². The summed E-state index contributed by atoms with van der Waals surface area (Å²) < 4.78 is 27.9. The highest BCUT2D eigenvalue weighted by molar-refractivity contribution is 9.11. The molecular formula is C13H11Br2NO3S. The van der Waals surface area contributed by atoms with Crippen LogP contribution in [0.2, 0.25) is 0 Å². The Morgan fingerprint density at radius 3 is 2.35 bits per heavy atom. The van der Waals surface area contributed by atoms with Crippen LogP contribution in [-0.4, -0.2) is 13.5 Å². The molecule has 0 spiro atoms. The molecule has 0 aliphatic rings. The van der Waals surface area contributed by atoms with Crippen molar-refractivity contribution in [3.05, 3.63) is 50.9 Å². The number of hydrogen-bond acceptors (Lipinski definition) is 3. The molecule has 0 saturated carbocycles. The highest BCUT2D eigenvalue weighted by atomic mass is 79.9. The zero-order chi connectivity index (χ0) is 14.9. The van der Waals surface area contributed by atoms with Crippen LogP contribution in [0.15, 0.2) is 50.2 Å². The summed E-state index contributed by atoms with van der Waals surface area (Å²) in [4.78, 5) is 0.180. The molecule has 2 aromatic carbocycles. The lowest BCUT2D eigenvalue weighted by Gasteiger charge is -2.13. The predicted octanol–water partition coefficient (Wildman–Crippen LogP) is 4.03. The van der Waals surface area contributed by atoms with Gasteiger partial charge in [-0.1, -0.05) is 18.2 Å². The molecule has 0 aliphatic heterocycles. The lowest BCUT2D eigenvalue weighted by molar-refractivity contribution is 0.468. The average molecular weight is 421 g/mol. The number of benzene rings is 2. The summed E-state index contributed by atoms with van der Waals surface area (Å²) in [6.07, 6.45) is 0. The topological polar surface area (TPSA) is 66.4 Å². The van der Waals surface area contributed by atoms with E-state index in [1.165, 1.54) is 18.2 Å². The highest BCUT2D eigenvalue weighted by Crippen LogP contribution is 2.39. The van der Waals surface area contributed by atoms with Crippen LogP contribution in [0.5, 0.6) is 5.75 Å². The molecule has 2 aromatic rings. The van der Waals surface area contributed by atoms with Crippen molar-refractivity contribution in [3.63, 3.8) is 0 Å². The number of anilines is 1. The quantitative estimate of drug-likeness (QED) is 0.736. The smallest absolute Gasteiger partial charge is 0.261 e. The van der Waals surface area contributed by atoms with Gasteiger partial charge < -0.3 is 5.11 Å². The lowest BCUT2D eigenvalue weighted by atomic mass is 10.2. The molecule has 0 fully saturated rings. The SMILES string of the molecule is Cc1c(NS(=O)(=O)c2ccccc2)cc(Br)c(O)c1Br. The number of rotatable bonds is 3. The van der Waals surface area contributed by atoms with Crippen molar-refractivity contribution in [1.29, 1.82) is 0 Å². The zero-order valence-corrected chi connectivity index (χ0v) is 14.4. The summed E-state index contributed by atoms with van der Waals surface area (Å²) in [7, 11) is -3.66. The largest absolute Gasteiger partial charge is 0.506 e. The molecular weight excluding hydrogens is 410 g/mol. The van der Waals surface area contributed by atoms with Crippen molar-refractivity contribution < 1.29 is 13.5 Å². The van der Waals surface area contributed by atoms with Gasteiger partial charge in [0.15, 0.2) is 0 Å². The third-order valence-electron chi connectivity index (χ3n) is 2.74. The summed E-state index contributed by atoms with van der Waals surface area (Å²) in [6, 6.07) is 9.62. The van der Waals surface area contributed by atoms with Gasteiger partial charge in [0.25, 0.3) is 10.0 Å². The van der Waals surface area contributed by atoms with E-state index in [0.29, 0.717) is 20.2 Å². The summed E-state index contributed by atoms with van der Waals surface area (Å²) in [5.41, 5.74) is 0.996. The Bertz CT molecular complexity index is 746. The first-order valence-electron chi connectivity index (χ1n) is 5.58. The molecule has 0 amide bonds. The van der Waals surface area contributed by atoms with E-state index in [1.54, 1.807) is 25.1 Å². The minimum absolute atomic E-state index is 0.0326. The predicted molar refractivity (Wildman–Crippen MR) is 85.5 cm³/mol. The van der Waals surface area contributed by atoms with Gasteiger partial charge in [-0.05, 0) is 62.5 Å². The van der Waals surface area contributed by atoms with E-state index in [9.17, 15) is 13.5 Å². The molecule has 2 rings (SSSR count). The number of aromatic hydroxyl groups is 1. The van der Waals surface area contributed by atoms with E-state index in [4.69, 9.17) is 0 Å². The fourth-order valence-corrected chi connectivity index (χ4v) is 3.87. The molecule has 106 valence electrons. The standard InChI is InChI=1S/C13H11Br2NO3S/c1-8-11(7-10(14)13(17)12(8)15)16-20(18,19)9-5-3-2-4-6-9/h2-7,16-17H,1H3. The Labute approximate surface area is 134 Å². The number of sulfonamides is 1. The van der Waals surface area contributed by atoms with Crippen LogP contribution in [0.1, 0.15) is 5.56 Å². The van der Waals surface area contributed by atoms with Crippen LogP contribution < -0.4 is 4.72 Å². The van der Waals surface area contributed by atoms with Crippen molar-refractivity contribution in [1.82, 2.24) is 0 Å². The molecule has 2 N–H and O–H groups in total. The van der Waals surface area contributed by atoms with Gasteiger partial charge in [-0.15, -0.1) is 0 Å². The zero-order valence-electron chi connectivity index (χ0n) is 10.4. The fourth-order valence-electron chi connectivity index (χ4n) is 1.61. The van der Waals surface area contributed by atoms with Gasteiger partial charge in [0.05, 0.1) is 19.5 Å². The first-order chi connectivity index (χ1) is 9.33. The maximum absolute atomic E-state index is 12.3. The van der Waals surface area contributed by atoms with Gasteiger partial charge in [-0.3, -0.25) is 4.72 Å². The van der Waals surface area contributed by atoms with E-state index >= 15 is 0 Å². The van der Waals surface area contributed by atoms with Crippen LogP contribution in [0.25, 0.3) is 0 Å². The van der Waals surface area contributed by atoms with E-state index in [1.807, 2.05) is 0 Å². The molecule has 0 bridgehead atoms. The van der Waals surface area contributed by atoms with Crippen LogP contribution in [0.3, 0.4) is 0 Å². The number of halogens is 2. The Balaban J connectivity index is 2.46. The van der Waals surface area contributed by atoms with Crippen molar-refractivity contribution in [2.24, 2.45) is 0 Å². The molecule has 20 heavy (non-hydrogen) atoms. The van der Waals surface area contributed by atoms with Crippen LogP contribution in [0, 0.1) is 6.92 Å². The summed E-state index contributed by atoms with van der Waals surface area (Å²) in [6.45, 7) is 1.71. The second kappa shape index (κ2) is 5.75. The minimum atomic E-state index is -3.66. The highest BCUT2D eigenvalue weighted by Gasteiger charge is 2.18. The monoisotopic (exact) mass is 419 g/mol. The molecule has 0 aromatic heterocycles. The summed E-state index contributed by atoms with van der Waals surface area (Å²) in [5, 5.41) is 9.76. The normalized spacial score (nSPS) is 11.3. The summed E-state index contributed by atoms with van der Waals surface area (Å²) in [5.74, 6) is 0.0326. The van der Waals surface area contributed by atoms with Crippen molar-refractivity contribution in [3.8, 4) is 5.75 Å². The summed E-state index contributed by atoms with van der Waals surface area (Å²) >= 11 is 6.41. The molecule has 0 saturated heterocycles. The number of hydrogen-bond donors (Lipinski definition) is 2. The van der Waals surface area contributed by atoms with Crippen LogP contribution in [0.4, 0.5) is 5.69 Å². The van der Waals surface area contributed by atoms with E-state index < -0.39 is 10.0 Å². The van der Waals surface area contributed by atoms with E-state index in [-0.39, 0.29) is 10.6 Å². The fraction of sp³-hybridized carbons (Fsp3) is 0.0769. The molecule has 0 unspecified atom stereocenters. The number of phenolic OH excluding ortho intramolecular Hbond substituents is 1. The van der Waals surface area contributed by atoms with Gasteiger partial charge in [0.2, 0.25) is 0 Å². The molecule has 0 atom stereocenters. The van der Waals surface area contributed by atoms with Gasteiger partial charge in [-0.2, -0.15) is 0 Å². The van der Waals surface area contributed by atoms with Gasteiger partial charge in [0, 0.05) is 0 Å². The maximum Gasteiger partial charge on any atom is 0.261 e. The van der Waals surface area contributed by atoms with E-state index in [0.717, 1.165) is 0 Å². The number of phenols is 1. The first kappa shape index (κ1) is 15.3. The van der Waals surface area contributed by atoms with Gasteiger partial charge in [0.1, 0.15) is 5.75 Å². The van der Waals surface area contributed by atoms with Crippen LogP contribution in [-0.2, 0) is 10.0 Å². The average Bonchev–Trinajstić information content (AvgIpc) is 2.43.